The van der Waals surface area contributed by atoms with E-state index in [1.54, 1.807) is 24.0 Å². The zero-order chi connectivity index (χ0) is 14.5. The van der Waals surface area contributed by atoms with Crippen molar-refractivity contribution in [1.29, 1.82) is 0 Å². The Morgan fingerprint density at radius 3 is 2.75 bits per heavy atom. The van der Waals surface area contributed by atoms with Crippen molar-refractivity contribution in [3.8, 4) is 0 Å². The normalized spacial score (nSPS) is 10.3. The lowest BCUT2D eigenvalue weighted by atomic mass is 10.1. The van der Waals surface area contributed by atoms with Crippen molar-refractivity contribution in [2.45, 2.75) is 20.3 Å². The van der Waals surface area contributed by atoms with Gasteiger partial charge >= 0.3 is 0 Å². The van der Waals surface area contributed by atoms with E-state index in [9.17, 15) is 4.79 Å². The molecule has 106 valence electrons. The second-order valence-corrected chi connectivity index (χ2v) is 4.75. The van der Waals surface area contributed by atoms with E-state index < -0.39 is 0 Å². The van der Waals surface area contributed by atoms with E-state index >= 15 is 0 Å². The molecule has 1 aromatic heterocycles. The van der Waals surface area contributed by atoms with Crippen LogP contribution in [0.3, 0.4) is 0 Å². The molecule has 1 aromatic carbocycles. The molecule has 2 aromatic rings. The van der Waals surface area contributed by atoms with Gasteiger partial charge in [-0.25, -0.2) is 0 Å². The van der Waals surface area contributed by atoms with Gasteiger partial charge in [-0.05, 0) is 37.1 Å². The fourth-order valence-electron chi connectivity index (χ4n) is 1.95. The van der Waals surface area contributed by atoms with Crippen LogP contribution in [0.4, 0.5) is 11.5 Å². The predicted molar refractivity (Wildman–Crippen MR) is 81.1 cm³/mol. The molecule has 0 aliphatic carbocycles. The number of amides is 1. The number of anilines is 2. The Morgan fingerprint density at radius 2 is 2.15 bits per heavy atom. The van der Waals surface area contributed by atoms with Crippen molar-refractivity contribution in [2.75, 3.05) is 17.2 Å². The topological polar surface area (TPSA) is 59.0 Å². The second-order valence-electron chi connectivity index (χ2n) is 4.75. The summed E-state index contributed by atoms with van der Waals surface area (Å²) in [6.07, 6.45) is 2.72. The number of rotatable bonds is 5. The highest BCUT2D eigenvalue weighted by Crippen LogP contribution is 2.17. The van der Waals surface area contributed by atoms with Gasteiger partial charge in [0.25, 0.3) is 5.91 Å². The van der Waals surface area contributed by atoms with Crippen LogP contribution in [0.15, 0.2) is 30.5 Å². The van der Waals surface area contributed by atoms with Crippen molar-refractivity contribution in [1.82, 2.24) is 9.78 Å². The summed E-state index contributed by atoms with van der Waals surface area (Å²) in [7, 11) is 1.79. The summed E-state index contributed by atoms with van der Waals surface area (Å²) in [6.45, 7) is 5.05. The molecule has 0 unspecified atom stereocenters. The molecule has 5 heteroatoms. The van der Waals surface area contributed by atoms with Gasteiger partial charge in [0, 0.05) is 30.9 Å². The van der Waals surface area contributed by atoms with Crippen LogP contribution in [0.5, 0.6) is 0 Å². The molecule has 0 aliphatic rings. The summed E-state index contributed by atoms with van der Waals surface area (Å²) < 4.78 is 1.63. The van der Waals surface area contributed by atoms with Gasteiger partial charge in [-0.3, -0.25) is 9.48 Å². The number of hydrogen-bond acceptors (Lipinski definition) is 3. The fourth-order valence-corrected chi connectivity index (χ4v) is 1.95. The third kappa shape index (κ3) is 3.17. The van der Waals surface area contributed by atoms with Crippen LogP contribution in [0.2, 0.25) is 0 Å². The summed E-state index contributed by atoms with van der Waals surface area (Å²) >= 11 is 0. The van der Waals surface area contributed by atoms with Crippen molar-refractivity contribution < 1.29 is 4.79 Å². The number of nitrogens with one attached hydrogen (secondary N) is 2. The van der Waals surface area contributed by atoms with Gasteiger partial charge < -0.3 is 10.6 Å². The molecule has 0 fully saturated rings. The van der Waals surface area contributed by atoms with Gasteiger partial charge in [-0.15, -0.1) is 0 Å². The lowest BCUT2D eigenvalue weighted by Crippen LogP contribution is -2.15. The Labute approximate surface area is 119 Å². The van der Waals surface area contributed by atoms with Crippen molar-refractivity contribution in [3.05, 3.63) is 41.6 Å². The van der Waals surface area contributed by atoms with Crippen molar-refractivity contribution >= 4 is 17.4 Å². The van der Waals surface area contributed by atoms with Crippen LogP contribution in [-0.4, -0.2) is 22.2 Å². The number of hydrogen-bond donors (Lipinski definition) is 2. The quantitative estimate of drug-likeness (QED) is 0.880. The summed E-state index contributed by atoms with van der Waals surface area (Å²) in [5.41, 5.74) is 2.78. The highest BCUT2D eigenvalue weighted by molar-refractivity contribution is 6.04. The van der Waals surface area contributed by atoms with Crippen LogP contribution in [0, 0.1) is 6.92 Å². The summed E-state index contributed by atoms with van der Waals surface area (Å²) in [5, 5.41) is 10.2. The molecule has 0 bridgehead atoms. The largest absolute Gasteiger partial charge is 0.385 e. The molecular weight excluding hydrogens is 252 g/mol. The van der Waals surface area contributed by atoms with E-state index in [0.717, 1.165) is 24.2 Å². The molecule has 0 aliphatic heterocycles. The lowest BCUT2D eigenvalue weighted by molar-refractivity contribution is 0.102. The number of benzene rings is 1. The van der Waals surface area contributed by atoms with E-state index in [1.165, 1.54) is 0 Å². The van der Waals surface area contributed by atoms with Crippen LogP contribution in [-0.2, 0) is 7.05 Å². The van der Waals surface area contributed by atoms with Crippen LogP contribution < -0.4 is 10.6 Å². The Balaban J connectivity index is 2.11. The average Bonchev–Trinajstić information content (AvgIpc) is 2.83. The van der Waals surface area contributed by atoms with Gasteiger partial charge in [0.1, 0.15) is 5.82 Å². The fraction of sp³-hybridized carbons (Fsp3) is 0.333. The molecule has 1 heterocycles. The highest BCUT2D eigenvalue weighted by Gasteiger charge is 2.09. The Bertz CT molecular complexity index is 604. The van der Waals surface area contributed by atoms with E-state index in [4.69, 9.17) is 0 Å². The first-order valence-electron chi connectivity index (χ1n) is 6.75. The lowest BCUT2D eigenvalue weighted by Gasteiger charge is -2.11. The molecule has 20 heavy (non-hydrogen) atoms. The third-order valence-electron chi connectivity index (χ3n) is 3.12. The Hall–Kier alpha value is -2.30. The molecule has 2 rings (SSSR count). The highest BCUT2D eigenvalue weighted by atomic mass is 16.1. The van der Waals surface area contributed by atoms with Gasteiger partial charge in [-0.2, -0.15) is 5.10 Å². The Morgan fingerprint density at radius 1 is 1.35 bits per heavy atom. The minimum atomic E-state index is -0.126. The maximum absolute atomic E-state index is 12.2. The summed E-state index contributed by atoms with van der Waals surface area (Å²) in [6, 6.07) is 7.44. The molecule has 0 atom stereocenters. The van der Waals surface area contributed by atoms with E-state index in [-0.39, 0.29) is 5.91 Å². The molecule has 1 amide bonds. The van der Waals surface area contributed by atoms with E-state index in [2.05, 4.69) is 22.7 Å². The van der Waals surface area contributed by atoms with Crippen molar-refractivity contribution in [2.24, 2.45) is 7.05 Å². The Kier molecular flexibility index (Phi) is 4.40. The van der Waals surface area contributed by atoms with Crippen LogP contribution in [0.25, 0.3) is 0 Å². The van der Waals surface area contributed by atoms with Gasteiger partial charge in [-0.1, -0.05) is 6.92 Å². The SMILES string of the molecule is CCCNc1ccc(C(=O)Nc2ccnn2C)cc1C. The zero-order valence-corrected chi connectivity index (χ0v) is 12.1. The van der Waals surface area contributed by atoms with Gasteiger partial charge in [0.05, 0.1) is 6.20 Å². The smallest absolute Gasteiger partial charge is 0.256 e. The number of carbonyl (C=O) groups is 1. The molecular formula is C15H20N4O. The van der Waals surface area contributed by atoms with E-state index in [1.807, 2.05) is 25.1 Å². The monoisotopic (exact) mass is 272 g/mol. The number of aryl methyl sites for hydroxylation is 2. The van der Waals surface area contributed by atoms with Gasteiger partial charge in [0.2, 0.25) is 0 Å². The summed E-state index contributed by atoms with van der Waals surface area (Å²) in [4.78, 5) is 12.2. The molecule has 0 saturated carbocycles. The minimum absolute atomic E-state index is 0.126. The summed E-state index contributed by atoms with van der Waals surface area (Å²) in [5.74, 6) is 0.555. The number of nitrogens with zero attached hydrogens (tertiary/aromatic N) is 2. The van der Waals surface area contributed by atoms with Crippen LogP contribution >= 0.6 is 0 Å². The maximum Gasteiger partial charge on any atom is 0.256 e. The number of aromatic nitrogens is 2. The second kappa shape index (κ2) is 6.23. The van der Waals surface area contributed by atoms with Crippen LogP contribution in [0.1, 0.15) is 29.3 Å². The van der Waals surface area contributed by atoms with Crippen molar-refractivity contribution in [3.63, 3.8) is 0 Å². The molecule has 0 spiro atoms. The first kappa shape index (κ1) is 14.1. The first-order valence-corrected chi connectivity index (χ1v) is 6.75. The average molecular weight is 272 g/mol. The number of carbonyl (C=O) groups excluding carboxylic acids is 1. The molecule has 5 nitrogen and oxygen atoms in total. The predicted octanol–water partition coefficient (Wildman–Crippen LogP) is 2.80. The zero-order valence-electron chi connectivity index (χ0n) is 12.1. The maximum atomic E-state index is 12.2. The first-order chi connectivity index (χ1) is 9.61. The standard InChI is InChI=1S/C15H20N4O/c1-4-8-16-13-6-5-12(10-11(13)2)15(20)18-14-7-9-17-19(14)3/h5-7,9-10,16H,4,8H2,1-3H3,(H,18,20). The minimum Gasteiger partial charge on any atom is -0.385 e. The van der Waals surface area contributed by atoms with E-state index in [0.29, 0.717) is 11.4 Å². The molecule has 2 N–H and O–H groups in total. The molecule has 0 saturated heterocycles. The molecule has 0 radical (unpaired) electrons. The van der Waals surface area contributed by atoms with Gasteiger partial charge in [0.15, 0.2) is 0 Å². The third-order valence-corrected chi connectivity index (χ3v) is 3.12.